The molecule has 0 atom stereocenters. The first-order valence-corrected chi connectivity index (χ1v) is 8.88. The standard InChI is InChI=1S/C14H26N2O3Si/c1-17-20(18-2,19-12-11-16-10-9-15)13-8-14-6-4-3-5-7-14/h3-7,16H,8-13,15H2,1-2H3. The summed E-state index contributed by atoms with van der Waals surface area (Å²) in [5, 5.41) is 3.19. The third kappa shape index (κ3) is 6.13. The topological polar surface area (TPSA) is 65.7 Å². The molecule has 3 N–H and O–H groups in total. The maximum atomic E-state index is 5.89. The molecule has 0 bridgehead atoms. The molecule has 5 nitrogen and oxygen atoms in total. The fourth-order valence-electron chi connectivity index (χ4n) is 1.93. The van der Waals surface area contributed by atoms with Crippen LogP contribution in [0.15, 0.2) is 30.3 Å². The second-order valence-electron chi connectivity index (χ2n) is 4.46. The number of aryl methyl sites for hydroxylation is 1. The number of hydrogen-bond donors (Lipinski definition) is 2. The van der Waals surface area contributed by atoms with Crippen molar-refractivity contribution in [1.29, 1.82) is 0 Å². The summed E-state index contributed by atoms with van der Waals surface area (Å²) < 4.78 is 17.0. The monoisotopic (exact) mass is 298 g/mol. The summed E-state index contributed by atoms with van der Waals surface area (Å²) in [4.78, 5) is 0. The molecule has 1 aromatic carbocycles. The minimum atomic E-state index is -2.56. The van der Waals surface area contributed by atoms with Gasteiger partial charge in [0.15, 0.2) is 0 Å². The lowest BCUT2D eigenvalue weighted by molar-refractivity contribution is 0.0992. The predicted molar refractivity (Wildman–Crippen MR) is 82.6 cm³/mol. The van der Waals surface area contributed by atoms with Crippen LogP contribution in [0.4, 0.5) is 0 Å². The molecule has 0 aromatic heterocycles. The van der Waals surface area contributed by atoms with Gasteiger partial charge in [0.25, 0.3) is 0 Å². The zero-order valence-electron chi connectivity index (χ0n) is 12.4. The minimum absolute atomic E-state index is 0.572. The van der Waals surface area contributed by atoms with Crippen LogP contribution in [-0.4, -0.2) is 49.3 Å². The zero-order valence-corrected chi connectivity index (χ0v) is 13.4. The molecule has 20 heavy (non-hydrogen) atoms. The highest BCUT2D eigenvalue weighted by Crippen LogP contribution is 2.17. The third-order valence-corrected chi connectivity index (χ3v) is 5.86. The van der Waals surface area contributed by atoms with Crippen molar-refractivity contribution in [2.24, 2.45) is 5.73 Å². The summed E-state index contributed by atoms with van der Waals surface area (Å²) in [6.07, 6.45) is 0.894. The van der Waals surface area contributed by atoms with E-state index in [9.17, 15) is 0 Å². The Hall–Kier alpha value is -0.763. The van der Waals surface area contributed by atoms with Crippen LogP contribution in [0.25, 0.3) is 0 Å². The highest BCUT2D eigenvalue weighted by Gasteiger charge is 2.38. The lowest BCUT2D eigenvalue weighted by Crippen LogP contribution is -2.45. The van der Waals surface area contributed by atoms with Crippen molar-refractivity contribution in [1.82, 2.24) is 5.32 Å². The second-order valence-corrected chi connectivity index (χ2v) is 7.44. The Morgan fingerprint density at radius 1 is 1.10 bits per heavy atom. The van der Waals surface area contributed by atoms with Crippen molar-refractivity contribution in [2.75, 3.05) is 40.5 Å². The number of rotatable bonds is 11. The molecule has 0 fully saturated rings. The van der Waals surface area contributed by atoms with E-state index in [0.717, 1.165) is 25.6 Å². The number of nitrogens with one attached hydrogen (secondary N) is 1. The molecule has 114 valence electrons. The first-order chi connectivity index (χ1) is 9.76. The largest absolute Gasteiger partial charge is 0.500 e. The van der Waals surface area contributed by atoms with Gasteiger partial charge in [-0.2, -0.15) is 0 Å². The van der Waals surface area contributed by atoms with E-state index < -0.39 is 8.80 Å². The van der Waals surface area contributed by atoms with Crippen LogP contribution in [0.5, 0.6) is 0 Å². The van der Waals surface area contributed by atoms with Crippen molar-refractivity contribution < 1.29 is 13.3 Å². The summed E-state index contributed by atoms with van der Waals surface area (Å²) in [5.74, 6) is 0. The quantitative estimate of drug-likeness (QED) is 0.472. The van der Waals surface area contributed by atoms with Crippen LogP contribution < -0.4 is 11.1 Å². The Morgan fingerprint density at radius 3 is 2.40 bits per heavy atom. The number of hydrogen-bond acceptors (Lipinski definition) is 5. The molecule has 0 aliphatic carbocycles. The zero-order chi connectivity index (χ0) is 14.7. The van der Waals surface area contributed by atoms with Gasteiger partial charge < -0.3 is 24.3 Å². The third-order valence-electron chi connectivity index (χ3n) is 3.11. The lowest BCUT2D eigenvalue weighted by atomic mass is 10.2. The molecule has 0 amide bonds. The van der Waals surface area contributed by atoms with E-state index in [1.807, 2.05) is 18.2 Å². The van der Waals surface area contributed by atoms with Gasteiger partial charge in [-0.25, -0.2) is 0 Å². The van der Waals surface area contributed by atoms with Gasteiger partial charge in [-0.15, -0.1) is 0 Å². The molecule has 0 saturated heterocycles. The highest BCUT2D eigenvalue weighted by molar-refractivity contribution is 6.60. The molecular formula is C14H26N2O3Si. The van der Waals surface area contributed by atoms with Crippen LogP contribution in [0, 0.1) is 0 Å². The van der Waals surface area contributed by atoms with Crippen molar-refractivity contribution in [3.8, 4) is 0 Å². The van der Waals surface area contributed by atoms with Crippen LogP contribution in [0.3, 0.4) is 0 Å². The van der Waals surface area contributed by atoms with E-state index in [4.69, 9.17) is 19.0 Å². The maximum Gasteiger partial charge on any atom is 0.500 e. The van der Waals surface area contributed by atoms with Crippen LogP contribution >= 0.6 is 0 Å². The highest BCUT2D eigenvalue weighted by atomic mass is 28.4. The molecular weight excluding hydrogens is 272 g/mol. The van der Waals surface area contributed by atoms with Crippen LogP contribution in [0.1, 0.15) is 5.56 Å². The van der Waals surface area contributed by atoms with E-state index in [-0.39, 0.29) is 0 Å². The van der Waals surface area contributed by atoms with Crippen molar-refractivity contribution in [2.45, 2.75) is 12.5 Å². The van der Waals surface area contributed by atoms with Gasteiger partial charge in [0, 0.05) is 39.9 Å². The molecule has 0 aliphatic heterocycles. The molecule has 1 rings (SSSR count). The van der Waals surface area contributed by atoms with Gasteiger partial charge in [0.1, 0.15) is 0 Å². The summed E-state index contributed by atoms with van der Waals surface area (Å²) in [6.45, 7) is 2.75. The second kappa shape index (κ2) is 10.0. The molecule has 0 radical (unpaired) electrons. The Balaban J connectivity index is 2.40. The predicted octanol–water partition coefficient (Wildman–Crippen LogP) is 1.03. The first kappa shape index (κ1) is 17.3. The van der Waals surface area contributed by atoms with Gasteiger partial charge in [-0.3, -0.25) is 0 Å². The smallest absolute Gasteiger partial charge is 0.377 e. The molecule has 6 heteroatoms. The van der Waals surface area contributed by atoms with Crippen LogP contribution in [-0.2, 0) is 19.7 Å². The van der Waals surface area contributed by atoms with Gasteiger partial charge in [0.2, 0.25) is 0 Å². The fraction of sp³-hybridized carbons (Fsp3) is 0.571. The summed E-state index contributed by atoms with van der Waals surface area (Å²) in [5.41, 5.74) is 6.68. The molecule has 0 aliphatic rings. The van der Waals surface area contributed by atoms with Gasteiger partial charge in [-0.05, 0) is 12.0 Å². The summed E-state index contributed by atoms with van der Waals surface area (Å²) in [7, 11) is 0.764. The molecule has 0 heterocycles. The SMILES string of the molecule is CO[Si](CCc1ccccc1)(OC)OCCNCCN. The van der Waals surface area contributed by atoms with Gasteiger partial charge in [-0.1, -0.05) is 30.3 Å². The average Bonchev–Trinajstić information content (AvgIpc) is 2.51. The van der Waals surface area contributed by atoms with Crippen molar-refractivity contribution in [3.05, 3.63) is 35.9 Å². The van der Waals surface area contributed by atoms with Gasteiger partial charge >= 0.3 is 8.80 Å². The molecule has 0 spiro atoms. The molecule has 1 aromatic rings. The van der Waals surface area contributed by atoms with E-state index in [1.54, 1.807) is 14.2 Å². The normalized spacial score (nSPS) is 11.8. The first-order valence-electron chi connectivity index (χ1n) is 6.95. The molecule has 0 saturated carbocycles. The number of benzene rings is 1. The van der Waals surface area contributed by atoms with E-state index in [2.05, 4.69) is 17.4 Å². The Labute approximate surface area is 122 Å². The average molecular weight is 298 g/mol. The molecule has 0 unspecified atom stereocenters. The Bertz CT molecular complexity index is 348. The van der Waals surface area contributed by atoms with E-state index in [0.29, 0.717) is 13.2 Å². The van der Waals surface area contributed by atoms with E-state index >= 15 is 0 Å². The summed E-state index contributed by atoms with van der Waals surface area (Å²) >= 11 is 0. The minimum Gasteiger partial charge on any atom is -0.377 e. The van der Waals surface area contributed by atoms with E-state index in [1.165, 1.54) is 5.56 Å². The summed E-state index contributed by atoms with van der Waals surface area (Å²) in [6, 6.07) is 11.1. The van der Waals surface area contributed by atoms with Crippen molar-refractivity contribution in [3.63, 3.8) is 0 Å². The van der Waals surface area contributed by atoms with Crippen LogP contribution in [0.2, 0.25) is 6.04 Å². The fourth-order valence-corrected chi connectivity index (χ4v) is 3.89. The maximum absolute atomic E-state index is 5.89. The number of nitrogens with two attached hydrogens (primary N) is 1. The lowest BCUT2D eigenvalue weighted by Gasteiger charge is -2.26. The van der Waals surface area contributed by atoms with Gasteiger partial charge in [0.05, 0.1) is 6.61 Å². The Morgan fingerprint density at radius 2 is 1.80 bits per heavy atom. The van der Waals surface area contributed by atoms with Crippen molar-refractivity contribution >= 4 is 8.80 Å². The Kier molecular flexibility index (Phi) is 8.67.